The summed E-state index contributed by atoms with van der Waals surface area (Å²) in [5.74, 6) is -0.603. The standard InChI is InChI=1S/C13H17NO4/c1-2-5-13(18)7-14(8-13)12(17)10-6-9(15)3-4-11(10)16/h3-4,6,15-16,18H,2,5,7-8H2,1H3. The number of carbonyl (C=O) groups excluding carboxylic acids is 1. The maximum absolute atomic E-state index is 12.0. The number of β-amino-alcohol motifs (C(OH)–C–C–N with tert-alkyl or cyclic N) is 1. The fraction of sp³-hybridized carbons (Fsp3) is 0.462. The van der Waals surface area contributed by atoms with E-state index >= 15 is 0 Å². The van der Waals surface area contributed by atoms with Gasteiger partial charge in [-0.1, -0.05) is 13.3 Å². The van der Waals surface area contributed by atoms with Crippen LogP contribution < -0.4 is 0 Å². The second kappa shape index (κ2) is 4.49. The summed E-state index contributed by atoms with van der Waals surface area (Å²) in [6, 6.07) is 3.82. The number of hydrogen-bond acceptors (Lipinski definition) is 4. The van der Waals surface area contributed by atoms with Crippen molar-refractivity contribution < 1.29 is 20.1 Å². The van der Waals surface area contributed by atoms with Crippen LogP contribution in [0.4, 0.5) is 0 Å². The number of hydrogen-bond donors (Lipinski definition) is 3. The first-order valence-electron chi connectivity index (χ1n) is 5.99. The first-order valence-corrected chi connectivity index (χ1v) is 5.99. The van der Waals surface area contributed by atoms with Gasteiger partial charge in [-0.2, -0.15) is 0 Å². The molecule has 18 heavy (non-hydrogen) atoms. The molecule has 1 amide bonds. The summed E-state index contributed by atoms with van der Waals surface area (Å²) in [4.78, 5) is 13.5. The van der Waals surface area contributed by atoms with E-state index in [1.165, 1.54) is 23.1 Å². The van der Waals surface area contributed by atoms with E-state index in [4.69, 9.17) is 0 Å². The van der Waals surface area contributed by atoms with Gasteiger partial charge in [-0.05, 0) is 24.6 Å². The molecule has 0 aliphatic carbocycles. The third-order valence-corrected chi connectivity index (χ3v) is 3.18. The van der Waals surface area contributed by atoms with Crippen LogP contribution in [0.1, 0.15) is 30.1 Å². The van der Waals surface area contributed by atoms with Gasteiger partial charge in [0, 0.05) is 0 Å². The van der Waals surface area contributed by atoms with E-state index in [1.54, 1.807) is 0 Å². The lowest BCUT2D eigenvalue weighted by molar-refractivity contribution is -0.0860. The maximum Gasteiger partial charge on any atom is 0.257 e. The number of benzene rings is 1. The highest BCUT2D eigenvalue weighted by Gasteiger charge is 2.43. The molecule has 5 nitrogen and oxygen atoms in total. The van der Waals surface area contributed by atoms with Crippen LogP contribution in [0.25, 0.3) is 0 Å². The minimum Gasteiger partial charge on any atom is -0.508 e. The van der Waals surface area contributed by atoms with Crippen molar-refractivity contribution >= 4 is 5.91 Å². The Labute approximate surface area is 105 Å². The molecule has 0 unspecified atom stereocenters. The minimum atomic E-state index is -0.795. The Balaban J connectivity index is 2.08. The average molecular weight is 251 g/mol. The number of phenolic OH excluding ortho intramolecular Hbond substituents is 2. The molecule has 0 spiro atoms. The second-order valence-electron chi connectivity index (χ2n) is 4.84. The number of phenols is 2. The molecule has 1 aliphatic rings. The fourth-order valence-corrected chi connectivity index (χ4v) is 2.30. The number of aromatic hydroxyl groups is 2. The molecule has 1 aromatic carbocycles. The zero-order chi connectivity index (χ0) is 13.3. The van der Waals surface area contributed by atoms with Crippen LogP contribution in [0.15, 0.2) is 18.2 Å². The second-order valence-corrected chi connectivity index (χ2v) is 4.84. The van der Waals surface area contributed by atoms with E-state index in [1.807, 2.05) is 6.92 Å². The van der Waals surface area contributed by atoms with E-state index < -0.39 is 5.60 Å². The molecule has 3 N–H and O–H groups in total. The normalized spacial score (nSPS) is 17.3. The quantitative estimate of drug-likeness (QED) is 0.702. The topological polar surface area (TPSA) is 81.0 Å². The largest absolute Gasteiger partial charge is 0.508 e. The first-order chi connectivity index (χ1) is 8.45. The number of rotatable bonds is 3. The van der Waals surface area contributed by atoms with Crippen molar-refractivity contribution in [2.24, 2.45) is 0 Å². The summed E-state index contributed by atoms with van der Waals surface area (Å²) in [7, 11) is 0. The van der Waals surface area contributed by atoms with Gasteiger partial charge >= 0.3 is 0 Å². The van der Waals surface area contributed by atoms with Gasteiger partial charge in [0.05, 0.1) is 24.3 Å². The number of aliphatic hydroxyl groups is 1. The van der Waals surface area contributed by atoms with Crippen LogP contribution in [0, 0.1) is 0 Å². The van der Waals surface area contributed by atoms with Gasteiger partial charge < -0.3 is 20.2 Å². The maximum atomic E-state index is 12.0. The molecule has 0 bridgehead atoms. The predicted octanol–water partition coefficient (Wildman–Crippen LogP) is 1.08. The molecule has 0 aromatic heterocycles. The first kappa shape index (κ1) is 12.7. The summed E-state index contributed by atoms with van der Waals surface area (Å²) >= 11 is 0. The fourth-order valence-electron chi connectivity index (χ4n) is 2.30. The summed E-state index contributed by atoms with van der Waals surface area (Å²) in [5, 5.41) is 28.9. The Morgan fingerprint density at radius 3 is 2.67 bits per heavy atom. The molecule has 2 rings (SSSR count). The van der Waals surface area contributed by atoms with Crippen LogP contribution in [0.2, 0.25) is 0 Å². The molecular weight excluding hydrogens is 234 g/mol. The Morgan fingerprint density at radius 2 is 2.06 bits per heavy atom. The van der Waals surface area contributed by atoms with Gasteiger partial charge in [0.2, 0.25) is 0 Å². The van der Waals surface area contributed by atoms with Crippen LogP contribution in [-0.2, 0) is 0 Å². The highest BCUT2D eigenvalue weighted by Crippen LogP contribution is 2.30. The zero-order valence-corrected chi connectivity index (χ0v) is 10.3. The Bertz CT molecular complexity index is 466. The van der Waals surface area contributed by atoms with Crippen molar-refractivity contribution in [1.29, 1.82) is 0 Å². The van der Waals surface area contributed by atoms with E-state index in [0.29, 0.717) is 6.42 Å². The number of amides is 1. The van der Waals surface area contributed by atoms with E-state index in [9.17, 15) is 20.1 Å². The lowest BCUT2D eigenvalue weighted by Crippen LogP contribution is -2.63. The molecule has 1 aromatic rings. The van der Waals surface area contributed by atoms with E-state index in [0.717, 1.165) is 6.42 Å². The van der Waals surface area contributed by atoms with Gasteiger partial charge in [-0.15, -0.1) is 0 Å². The molecule has 1 aliphatic heterocycles. The number of nitrogens with zero attached hydrogens (tertiary/aromatic N) is 1. The van der Waals surface area contributed by atoms with Crippen molar-refractivity contribution in [1.82, 2.24) is 4.90 Å². The highest BCUT2D eigenvalue weighted by atomic mass is 16.3. The summed E-state index contributed by atoms with van der Waals surface area (Å²) in [6.45, 7) is 2.52. The molecular formula is C13H17NO4. The zero-order valence-electron chi connectivity index (χ0n) is 10.3. The molecule has 5 heteroatoms. The summed E-state index contributed by atoms with van der Waals surface area (Å²) < 4.78 is 0. The van der Waals surface area contributed by atoms with Crippen molar-refractivity contribution in [3.8, 4) is 11.5 Å². The van der Waals surface area contributed by atoms with Crippen molar-refractivity contribution in [2.45, 2.75) is 25.4 Å². The SMILES string of the molecule is CCCC1(O)CN(C(=O)c2cc(O)ccc2O)C1. The molecule has 1 fully saturated rings. The summed E-state index contributed by atoms with van der Waals surface area (Å²) in [5.41, 5.74) is -0.731. The van der Waals surface area contributed by atoms with Gasteiger partial charge in [0.25, 0.3) is 5.91 Å². The van der Waals surface area contributed by atoms with Crippen LogP contribution in [-0.4, -0.2) is 44.8 Å². The van der Waals surface area contributed by atoms with Gasteiger partial charge in [0.1, 0.15) is 11.5 Å². The highest BCUT2D eigenvalue weighted by molar-refractivity contribution is 5.97. The molecule has 1 heterocycles. The van der Waals surface area contributed by atoms with E-state index in [-0.39, 0.29) is 36.1 Å². The third kappa shape index (κ3) is 2.26. The van der Waals surface area contributed by atoms with Crippen molar-refractivity contribution in [3.63, 3.8) is 0 Å². The minimum absolute atomic E-state index is 0.0635. The Kier molecular flexibility index (Phi) is 3.17. The smallest absolute Gasteiger partial charge is 0.257 e. The van der Waals surface area contributed by atoms with Crippen LogP contribution in [0.5, 0.6) is 11.5 Å². The third-order valence-electron chi connectivity index (χ3n) is 3.18. The average Bonchev–Trinajstić information content (AvgIpc) is 2.28. The van der Waals surface area contributed by atoms with Gasteiger partial charge in [-0.25, -0.2) is 0 Å². The predicted molar refractivity (Wildman–Crippen MR) is 65.5 cm³/mol. The Morgan fingerprint density at radius 1 is 1.39 bits per heavy atom. The number of likely N-dealkylation sites (tertiary alicyclic amines) is 1. The lowest BCUT2D eigenvalue weighted by atomic mass is 9.88. The molecule has 98 valence electrons. The van der Waals surface area contributed by atoms with Crippen molar-refractivity contribution in [2.75, 3.05) is 13.1 Å². The van der Waals surface area contributed by atoms with Crippen molar-refractivity contribution in [3.05, 3.63) is 23.8 Å². The van der Waals surface area contributed by atoms with E-state index in [2.05, 4.69) is 0 Å². The molecule has 1 saturated heterocycles. The molecule has 0 atom stereocenters. The van der Waals surface area contributed by atoms with Gasteiger partial charge in [-0.3, -0.25) is 4.79 Å². The molecule has 0 radical (unpaired) electrons. The molecule has 0 saturated carbocycles. The van der Waals surface area contributed by atoms with Gasteiger partial charge in [0.15, 0.2) is 0 Å². The summed E-state index contributed by atoms with van der Waals surface area (Å²) in [6.07, 6.45) is 1.51. The monoisotopic (exact) mass is 251 g/mol. The van der Waals surface area contributed by atoms with Crippen LogP contribution in [0.3, 0.4) is 0 Å². The lowest BCUT2D eigenvalue weighted by Gasteiger charge is -2.46. The number of carbonyl (C=O) groups is 1. The van der Waals surface area contributed by atoms with Crippen LogP contribution >= 0.6 is 0 Å². The Hall–Kier alpha value is -1.75.